The Labute approximate surface area is 140 Å². The highest BCUT2D eigenvalue weighted by molar-refractivity contribution is 7.08. The molecule has 1 atom stereocenters. The van der Waals surface area contributed by atoms with Gasteiger partial charge in [-0.25, -0.2) is 0 Å². The van der Waals surface area contributed by atoms with Crippen LogP contribution in [0.5, 0.6) is 0 Å². The zero-order chi connectivity index (χ0) is 16.5. The predicted octanol–water partition coefficient (Wildman–Crippen LogP) is 3.01. The van der Waals surface area contributed by atoms with Gasteiger partial charge in [0.15, 0.2) is 0 Å². The van der Waals surface area contributed by atoms with E-state index >= 15 is 0 Å². The van der Waals surface area contributed by atoms with Crippen LogP contribution < -0.4 is 10.6 Å². The maximum atomic E-state index is 11.9. The van der Waals surface area contributed by atoms with Crippen molar-refractivity contribution in [3.05, 3.63) is 58.3 Å². The summed E-state index contributed by atoms with van der Waals surface area (Å²) in [5.41, 5.74) is 1.92. The molecule has 0 saturated heterocycles. The van der Waals surface area contributed by atoms with Crippen LogP contribution in [-0.4, -0.2) is 24.4 Å². The SMILES string of the molecule is CC(CCc1ccccc1)NC(=O)CCNC(=O)c1ccsc1. The Morgan fingerprint density at radius 1 is 1.17 bits per heavy atom. The second-order valence-electron chi connectivity index (χ2n) is 5.51. The van der Waals surface area contributed by atoms with Crippen LogP contribution in [0.4, 0.5) is 0 Å². The van der Waals surface area contributed by atoms with E-state index in [1.165, 1.54) is 16.9 Å². The summed E-state index contributed by atoms with van der Waals surface area (Å²) in [6.45, 7) is 2.36. The van der Waals surface area contributed by atoms with Gasteiger partial charge in [0.2, 0.25) is 5.91 Å². The van der Waals surface area contributed by atoms with E-state index in [1.54, 1.807) is 11.4 Å². The van der Waals surface area contributed by atoms with Crippen LogP contribution in [0, 0.1) is 0 Å². The lowest BCUT2D eigenvalue weighted by Gasteiger charge is -2.14. The van der Waals surface area contributed by atoms with Crippen LogP contribution in [0.1, 0.15) is 35.7 Å². The molecule has 2 amide bonds. The first-order valence-electron chi connectivity index (χ1n) is 7.79. The molecule has 0 aliphatic carbocycles. The molecule has 2 rings (SSSR count). The number of amides is 2. The molecule has 2 N–H and O–H groups in total. The van der Waals surface area contributed by atoms with E-state index in [1.807, 2.05) is 30.5 Å². The molecule has 122 valence electrons. The Balaban J connectivity index is 1.61. The van der Waals surface area contributed by atoms with Crippen molar-refractivity contribution in [1.29, 1.82) is 0 Å². The van der Waals surface area contributed by atoms with Gasteiger partial charge in [-0.1, -0.05) is 30.3 Å². The van der Waals surface area contributed by atoms with Gasteiger partial charge in [-0.15, -0.1) is 0 Å². The zero-order valence-corrected chi connectivity index (χ0v) is 14.1. The number of hydrogen-bond donors (Lipinski definition) is 2. The fourth-order valence-corrected chi connectivity index (χ4v) is 2.87. The number of carbonyl (C=O) groups is 2. The fourth-order valence-electron chi connectivity index (χ4n) is 2.23. The first-order chi connectivity index (χ1) is 11.1. The second kappa shape index (κ2) is 9.10. The van der Waals surface area contributed by atoms with Crippen molar-refractivity contribution >= 4 is 23.2 Å². The van der Waals surface area contributed by atoms with Gasteiger partial charge in [0.25, 0.3) is 5.91 Å². The largest absolute Gasteiger partial charge is 0.354 e. The van der Waals surface area contributed by atoms with Gasteiger partial charge >= 0.3 is 0 Å². The van der Waals surface area contributed by atoms with Crippen LogP contribution in [-0.2, 0) is 11.2 Å². The van der Waals surface area contributed by atoms with Crippen molar-refractivity contribution in [2.75, 3.05) is 6.54 Å². The quantitative estimate of drug-likeness (QED) is 0.782. The maximum Gasteiger partial charge on any atom is 0.252 e. The summed E-state index contributed by atoms with van der Waals surface area (Å²) in [6, 6.07) is 12.1. The van der Waals surface area contributed by atoms with Crippen molar-refractivity contribution in [1.82, 2.24) is 10.6 Å². The van der Waals surface area contributed by atoms with E-state index in [9.17, 15) is 9.59 Å². The molecule has 0 saturated carbocycles. The summed E-state index contributed by atoms with van der Waals surface area (Å²) in [4.78, 5) is 23.6. The molecule has 4 nitrogen and oxygen atoms in total. The van der Waals surface area contributed by atoms with Gasteiger partial charge in [-0.3, -0.25) is 9.59 Å². The van der Waals surface area contributed by atoms with Crippen LogP contribution in [0.2, 0.25) is 0 Å². The third kappa shape index (κ3) is 6.24. The molecule has 0 spiro atoms. The van der Waals surface area contributed by atoms with Gasteiger partial charge in [0, 0.05) is 30.0 Å². The molecule has 0 fully saturated rings. The number of thiophene rings is 1. The Morgan fingerprint density at radius 2 is 1.96 bits per heavy atom. The van der Waals surface area contributed by atoms with E-state index in [-0.39, 0.29) is 17.9 Å². The predicted molar refractivity (Wildman–Crippen MR) is 93.6 cm³/mol. The van der Waals surface area contributed by atoms with Crippen LogP contribution in [0.25, 0.3) is 0 Å². The van der Waals surface area contributed by atoms with E-state index < -0.39 is 0 Å². The number of rotatable bonds is 8. The Morgan fingerprint density at radius 3 is 2.65 bits per heavy atom. The minimum absolute atomic E-state index is 0.0313. The summed E-state index contributed by atoms with van der Waals surface area (Å²) >= 11 is 1.48. The molecule has 1 unspecified atom stereocenters. The number of nitrogens with one attached hydrogen (secondary N) is 2. The molecule has 0 aliphatic heterocycles. The lowest BCUT2D eigenvalue weighted by molar-refractivity contribution is -0.121. The number of benzene rings is 1. The van der Waals surface area contributed by atoms with Gasteiger partial charge in [0.05, 0.1) is 0 Å². The fraction of sp³-hybridized carbons (Fsp3) is 0.333. The average molecular weight is 330 g/mol. The monoisotopic (exact) mass is 330 g/mol. The Kier molecular flexibility index (Phi) is 6.81. The van der Waals surface area contributed by atoms with E-state index in [0.717, 1.165) is 12.8 Å². The van der Waals surface area contributed by atoms with Gasteiger partial charge in [0.1, 0.15) is 0 Å². The molecule has 0 aliphatic rings. The standard InChI is InChI=1S/C18H22N2O2S/c1-14(7-8-15-5-3-2-4-6-15)20-17(21)9-11-19-18(22)16-10-12-23-13-16/h2-6,10,12-14H,7-9,11H2,1H3,(H,19,22)(H,20,21). The molecular weight excluding hydrogens is 308 g/mol. The number of carbonyl (C=O) groups excluding carboxylic acids is 2. The van der Waals surface area contributed by atoms with Crippen LogP contribution >= 0.6 is 11.3 Å². The molecular formula is C18H22N2O2S. The molecule has 5 heteroatoms. The highest BCUT2D eigenvalue weighted by atomic mass is 32.1. The topological polar surface area (TPSA) is 58.2 Å². The first-order valence-corrected chi connectivity index (χ1v) is 8.73. The molecule has 0 bridgehead atoms. The Bertz CT molecular complexity index is 611. The molecule has 0 radical (unpaired) electrons. The minimum Gasteiger partial charge on any atom is -0.354 e. The third-order valence-corrected chi connectivity index (χ3v) is 4.22. The molecule has 1 aromatic carbocycles. The van der Waals surface area contributed by atoms with Crippen molar-refractivity contribution in [3.8, 4) is 0 Å². The first kappa shape index (κ1) is 17.2. The normalized spacial score (nSPS) is 11.7. The van der Waals surface area contributed by atoms with Crippen LogP contribution in [0.15, 0.2) is 47.2 Å². The van der Waals surface area contributed by atoms with Crippen LogP contribution in [0.3, 0.4) is 0 Å². The zero-order valence-electron chi connectivity index (χ0n) is 13.2. The maximum absolute atomic E-state index is 11.9. The van der Waals surface area contributed by atoms with Gasteiger partial charge in [-0.2, -0.15) is 11.3 Å². The van der Waals surface area contributed by atoms with E-state index in [0.29, 0.717) is 18.5 Å². The van der Waals surface area contributed by atoms with E-state index in [2.05, 4.69) is 22.8 Å². The lowest BCUT2D eigenvalue weighted by atomic mass is 10.1. The summed E-state index contributed by atoms with van der Waals surface area (Å²) in [5.74, 6) is -0.160. The van der Waals surface area contributed by atoms with Crippen molar-refractivity contribution in [2.24, 2.45) is 0 Å². The van der Waals surface area contributed by atoms with Crippen molar-refractivity contribution in [2.45, 2.75) is 32.2 Å². The van der Waals surface area contributed by atoms with Crippen molar-refractivity contribution in [3.63, 3.8) is 0 Å². The Hall–Kier alpha value is -2.14. The number of hydrogen-bond acceptors (Lipinski definition) is 3. The molecule has 1 aromatic heterocycles. The smallest absolute Gasteiger partial charge is 0.252 e. The molecule has 1 heterocycles. The highest BCUT2D eigenvalue weighted by Crippen LogP contribution is 2.06. The number of aryl methyl sites for hydroxylation is 1. The minimum atomic E-state index is -0.129. The van der Waals surface area contributed by atoms with E-state index in [4.69, 9.17) is 0 Å². The molecule has 23 heavy (non-hydrogen) atoms. The second-order valence-corrected chi connectivity index (χ2v) is 6.29. The summed E-state index contributed by atoms with van der Waals surface area (Å²) in [7, 11) is 0. The summed E-state index contributed by atoms with van der Waals surface area (Å²) in [5, 5.41) is 9.37. The lowest BCUT2D eigenvalue weighted by Crippen LogP contribution is -2.35. The third-order valence-electron chi connectivity index (χ3n) is 3.54. The summed E-state index contributed by atoms with van der Waals surface area (Å²) in [6.07, 6.45) is 2.14. The van der Waals surface area contributed by atoms with Crippen molar-refractivity contribution < 1.29 is 9.59 Å². The van der Waals surface area contributed by atoms with Gasteiger partial charge in [-0.05, 0) is 36.8 Å². The molecule has 2 aromatic rings. The van der Waals surface area contributed by atoms with Gasteiger partial charge < -0.3 is 10.6 Å². The summed E-state index contributed by atoms with van der Waals surface area (Å²) < 4.78 is 0. The highest BCUT2D eigenvalue weighted by Gasteiger charge is 2.09. The average Bonchev–Trinajstić information content (AvgIpc) is 3.08.